The molecule has 144 valence electrons. The van der Waals surface area contributed by atoms with Crippen molar-refractivity contribution in [2.75, 3.05) is 13.7 Å². The molecule has 5 unspecified atom stereocenters. The molecule has 0 aliphatic carbocycles. The highest BCUT2D eigenvalue weighted by Gasteiger charge is 2.44. The number of pyridine rings is 1. The van der Waals surface area contributed by atoms with Crippen LogP contribution in [-0.2, 0) is 4.74 Å². The van der Waals surface area contributed by atoms with Gasteiger partial charge in [0, 0.05) is 11.5 Å². The molecule has 4 N–H and O–H groups in total. The van der Waals surface area contributed by atoms with Crippen LogP contribution in [0.2, 0.25) is 0 Å². The SMILES string of the molecule is COc1c2ccc(OC3OC(CO)C(O)C(O)C3O)cc2nc2occc12. The van der Waals surface area contributed by atoms with Crippen LogP contribution in [0.5, 0.6) is 11.5 Å². The number of benzene rings is 1. The van der Waals surface area contributed by atoms with Gasteiger partial charge >= 0.3 is 0 Å². The van der Waals surface area contributed by atoms with Gasteiger partial charge in [0.25, 0.3) is 0 Å². The zero-order valence-electron chi connectivity index (χ0n) is 14.3. The third-order valence-electron chi connectivity index (χ3n) is 4.63. The van der Waals surface area contributed by atoms with Crippen molar-refractivity contribution in [1.29, 1.82) is 0 Å². The normalized spacial score (nSPS) is 28.6. The van der Waals surface area contributed by atoms with E-state index in [2.05, 4.69) is 4.98 Å². The number of aromatic nitrogens is 1. The smallest absolute Gasteiger partial charge is 0.230 e. The highest BCUT2D eigenvalue weighted by molar-refractivity contribution is 5.99. The second-order valence-corrected chi connectivity index (χ2v) is 6.28. The minimum absolute atomic E-state index is 0.312. The Morgan fingerprint density at radius 1 is 1.07 bits per heavy atom. The molecule has 2 aromatic heterocycles. The van der Waals surface area contributed by atoms with E-state index in [0.717, 1.165) is 10.8 Å². The van der Waals surface area contributed by atoms with Gasteiger partial charge in [-0.2, -0.15) is 0 Å². The van der Waals surface area contributed by atoms with Crippen molar-refractivity contribution >= 4 is 22.0 Å². The molecule has 0 saturated carbocycles. The van der Waals surface area contributed by atoms with Gasteiger partial charge in [-0.1, -0.05) is 0 Å². The maximum absolute atomic E-state index is 10.1. The molecule has 1 fully saturated rings. The van der Waals surface area contributed by atoms with Gasteiger partial charge in [-0.25, -0.2) is 4.98 Å². The summed E-state index contributed by atoms with van der Waals surface area (Å²) in [5.41, 5.74) is 0.945. The number of rotatable bonds is 4. The summed E-state index contributed by atoms with van der Waals surface area (Å²) in [4.78, 5) is 4.42. The Labute approximate surface area is 153 Å². The monoisotopic (exact) mass is 377 g/mol. The Bertz CT molecular complexity index is 955. The fraction of sp³-hybridized carbons (Fsp3) is 0.389. The Morgan fingerprint density at radius 2 is 1.89 bits per heavy atom. The van der Waals surface area contributed by atoms with E-state index in [1.807, 2.05) is 0 Å². The summed E-state index contributed by atoms with van der Waals surface area (Å²) in [6.07, 6.45) is -5.25. The molecule has 5 atom stereocenters. The number of fused-ring (bicyclic) bond motifs is 2. The van der Waals surface area contributed by atoms with Crippen LogP contribution in [-0.4, -0.2) is 69.8 Å². The largest absolute Gasteiger partial charge is 0.495 e. The minimum atomic E-state index is -1.51. The average Bonchev–Trinajstić information content (AvgIpc) is 3.14. The number of hydrogen-bond donors (Lipinski definition) is 4. The van der Waals surface area contributed by atoms with Crippen LogP contribution in [0.1, 0.15) is 0 Å². The molecule has 27 heavy (non-hydrogen) atoms. The Balaban J connectivity index is 1.67. The summed E-state index contributed by atoms with van der Waals surface area (Å²) in [7, 11) is 1.56. The molecular weight excluding hydrogens is 358 g/mol. The number of furan rings is 1. The van der Waals surface area contributed by atoms with Crippen molar-refractivity contribution in [2.45, 2.75) is 30.7 Å². The molecule has 1 aliphatic rings. The number of methoxy groups -OCH3 is 1. The lowest BCUT2D eigenvalue weighted by molar-refractivity contribution is -0.277. The fourth-order valence-corrected chi connectivity index (χ4v) is 3.20. The number of aliphatic hydroxyl groups excluding tert-OH is 4. The quantitative estimate of drug-likeness (QED) is 0.502. The summed E-state index contributed by atoms with van der Waals surface area (Å²) in [5, 5.41) is 40.6. The molecule has 3 aromatic rings. The molecule has 0 bridgehead atoms. The van der Waals surface area contributed by atoms with Crippen LogP contribution >= 0.6 is 0 Å². The Kier molecular flexibility index (Phi) is 4.62. The van der Waals surface area contributed by atoms with Crippen molar-refractivity contribution < 1.29 is 39.1 Å². The van der Waals surface area contributed by atoms with E-state index in [4.69, 9.17) is 18.6 Å². The van der Waals surface area contributed by atoms with Crippen LogP contribution in [0.15, 0.2) is 34.9 Å². The summed E-state index contributed by atoms with van der Waals surface area (Å²) >= 11 is 0. The Morgan fingerprint density at radius 3 is 2.63 bits per heavy atom. The van der Waals surface area contributed by atoms with Crippen LogP contribution < -0.4 is 9.47 Å². The van der Waals surface area contributed by atoms with Gasteiger partial charge in [0.1, 0.15) is 35.9 Å². The van der Waals surface area contributed by atoms with Crippen molar-refractivity contribution in [3.63, 3.8) is 0 Å². The predicted octanol–water partition coefficient (Wildman–Crippen LogP) is 0.168. The van der Waals surface area contributed by atoms with Gasteiger partial charge in [0.15, 0.2) is 0 Å². The van der Waals surface area contributed by atoms with Crippen molar-refractivity contribution in [3.8, 4) is 11.5 Å². The zero-order chi connectivity index (χ0) is 19.1. The summed E-state index contributed by atoms with van der Waals surface area (Å²) in [5.74, 6) is 0.926. The van der Waals surface area contributed by atoms with Gasteiger partial charge < -0.3 is 39.1 Å². The zero-order valence-corrected chi connectivity index (χ0v) is 14.3. The van der Waals surface area contributed by atoms with E-state index < -0.39 is 37.3 Å². The van der Waals surface area contributed by atoms with E-state index in [9.17, 15) is 20.4 Å². The topological polar surface area (TPSA) is 135 Å². The summed E-state index contributed by atoms with van der Waals surface area (Å²) < 4.78 is 21.8. The lowest BCUT2D eigenvalue weighted by atomic mass is 9.99. The lowest BCUT2D eigenvalue weighted by Gasteiger charge is -2.39. The van der Waals surface area contributed by atoms with Crippen molar-refractivity contribution in [1.82, 2.24) is 4.98 Å². The first-order valence-electron chi connectivity index (χ1n) is 8.35. The molecule has 0 spiro atoms. The highest BCUT2D eigenvalue weighted by atomic mass is 16.7. The van der Waals surface area contributed by atoms with Gasteiger partial charge in [0.05, 0.1) is 30.9 Å². The first kappa shape index (κ1) is 18.0. The first-order valence-corrected chi connectivity index (χ1v) is 8.35. The van der Waals surface area contributed by atoms with E-state index in [1.54, 1.807) is 31.4 Å². The minimum Gasteiger partial charge on any atom is -0.495 e. The van der Waals surface area contributed by atoms with Gasteiger partial charge in [-0.15, -0.1) is 0 Å². The average molecular weight is 377 g/mol. The number of aliphatic hydroxyl groups is 4. The summed E-state index contributed by atoms with van der Waals surface area (Å²) in [6.45, 7) is -0.530. The molecule has 1 aliphatic heterocycles. The van der Waals surface area contributed by atoms with E-state index in [1.165, 1.54) is 6.26 Å². The molecular formula is C18H19NO8. The molecule has 3 heterocycles. The maximum atomic E-state index is 10.1. The third kappa shape index (κ3) is 2.99. The highest BCUT2D eigenvalue weighted by Crippen LogP contribution is 2.35. The number of nitrogens with zero attached hydrogens (tertiary/aromatic N) is 1. The van der Waals surface area contributed by atoms with Crippen LogP contribution in [0.4, 0.5) is 0 Å². The summed E-state index contributed by atoms with van der Waals surface area (Å²) in [6, 6.07) is 6.76. The second kappa shape index (κ2) is 6.95. The fourth-order valence-electron chi connectivity index (χ4n) is 3.20. The number of hydrogen-bond acceptors (Lipinski definition) is 9. The van der Waals surface area contributed by atoms with Gasteiger partial charge in [-0.05, 0) is 18.2 Å². The molecule has 0 radical (unpaired) electrons. The molecule has 4 rings (SSSR count). The molecule has 1 aromatic carbocycles. The van der Waals surface area contributed by atoms with E-state index in [-0.39, 0.29) is 0 Å². The first-order chi connectivity index (χ1) is 13.0. The molecule has 9 heteroatoms. The lowest BCUT2D eigenvalue weighted by Crippen LogP contribution is -2.60. The standard InChI is InChI=1S/C18H19NO8/c1-24-16-9-3-2-8(6-11(9)19-17-10(16)4-5-25-17)26-18-15(23)14(22)13(21)12(7-20)27-18/h2-6,12-15,18,20-23H,7H2,1H3. The Hall–Kier alpha value is -2.43. The van der Waals surface area contributed by atoms with Crippen molar-refractivity contribution in [3.05, 3.63) is 30.5 Å². The van der Waals surface area contributed by atoms with E-state index in [0.29, 0.717) is 22.7 Å². The predicted molar refractivity (Wildman–Crippen MR) is 92.5 cm³/mol. The van der Waals surface area contributed by atoms with Crippen LogP contribution in [0.3, 0.4) is 0 Å². The molecule has 1 saturated heterocycles. The third-order valence-corrected chi connectivity index (χ3v) is 4.63. The number of ether oxygens (including phenoxy) is 3. The van der Waals surface area contributed by atoms with Crippen LogP contribution in [0.25, 0.3) is 22.0 Å². The molecule has 9 nitrogen and oxygen atoms in total. The maximum Gasteiger partial charge on any atom is 0.230 e. The van der Waals surface area contributed by atoms with E-state index >= 15 is 0 Å². The van der Waals surface area contributed by atoms with Gasteiger partial charge in [-0.3, -0.25) is 0 Å². The van der Waals surface area contributed by atoms with Crippen LogP contribution in [0, 0.1) is 0 Å². The van der Waals surface area contributed by atoms with Gasteiger partial charge in [0.2, 0.25) is 12.0 Å². The van der Waals surface area contributed by atoms with Crippen molar-refractivity contribution in [2.24, 2.45) is 0 Å². The second-order valence-electron chi connectivity index (χ2n) is 6.28. The molecule has 0 amide bonds.